The Kier molecular flexibility index (Phi) is 21.3. The van der Waals surface area contributed by atoms with Crippen LogP contribution in [-0.2, 0) is 0 Å². The van der Waals surface area contributed by atoms with E-state index in [0.29, 0.717) is 38.0 Å². The van der Waals surface area contributed by atoms with Gasteiger partial charge in [0.25, 0.3) is 0 Å². The Morgan fingerprint density at radius 3 is 1.36 bits per heavy atom. The lowest BCUT2D eigenvalue weighted by molar-refractivity contribution is 0.131. The number of guanidine groups is 2. The summed E-state index contributed by atoms with van der Waals surface area (Å²) in [4.78, 5) is 36.8. The highest BCUT2D eigenvalue weighted by Crippen LogP contribution is 2.12. The number of carbonyl (C=O) groups excluding carboxylic acids is 2. The van der Waals surface area contributed by atoms with E-state index in [1.165, 1.54) is 25.7 Å². The van der Waals surface area contributed by atoms with Crippen molar-refractivity contribution in [2.24, 2.45) is 33.3 Å². The smallest absolute Gasteiger partial charge is 0.344 e. The quantitative estimate of drug-likeness (QED) is 0.0711. The summed E-state index contributed by atoms with van der Waals surface area (Å²) in [6, 6.07) is -0.750. The lowest BCUT2D eigenvalue weighted by Crippen LogP contribution is -2.47. The Bertz CT molecular complexity index is 720. The lowest BCUT2D eigenvalue weighted by atomic mass is 9.99. The van der Waals surface area contributed by atoms with Crippen LogP contribution in [0.3, 0.4) is 0 Å². The molecule has 1 rings (SSSR count). The Morgan fingerprint density at radius 1 is 0.643 bits per heavy atom. The molecule has 0 bridgehead atoms. The number of hydrogen-bond donors (Lipinski definition) is 6. The number of nitrogens with one attached hydrogen (secondary N) is 4. The molecule has 42 heavy (non-hydrogen) atoms. The Labute approximate surface area is 255 Å². The molecule has 1 aliphatic heterocycles. The van der Waals surface area contributed by atoms with Crippen molar-refractivity contribution in [2.75, 3.05) is 65.4 Å². The number of nitrogens with two attached hydrogens (primary N) is 2. The second kappa shape index (κ2) is 23.9. The normalized spacial score (nSPS) is 16.6. The minimum absolute atomic E-state index is 0.173. The molecule has 1 heterocycles. The molecule has 12 heteroatoms. The SMILES string of the molecule is CCCCC(CC)CNC(=O)N=C(N)NCCCN1CCN(CCCNC(N)=NC(=O)NCC(CC)CCCC)CC1. The number of rotatable bonds is 20. The first kappa shape index (κ1) is 37.4. The van der Waals surface area contributed by atoms with Crippen molar-refractivity contribution < 1.29 is 9.59 Å². The van der Waals surface area contributed by atoms with Crippen LogP contribution in [0, 0.1) is 11.8 Å². The Hall–Kier alpha value is -2.60. The first-order valence-electron chi connectivity index (χ1n) is 16.5. The van der Waals surface area contributed by atoms with Crippen molar-refractivity contribution in [3.05, 3.63) is 0 Å². The van der Waals surface area contributed by atoms with Gasteiger partial charge in [-0.05, 0) is 50.6 Å². The number of carbonyl (C=O) groups is 2. The topological polar surface area (TPSA) is 165 Å². The zero-order chi connectivity index (χ0) is 31.0. The van der Waals surface area contributed by atoms with Crippen LogP contribution in [0.5, 0.6) is 0 Å². The number of unbranched alkanes of at least 4 members (excludes halogenated alkanes) is 2. The zero-order valence-electron chi connectivity index (χ0n) is 27.1. The van der Waals surface area contributed by atoms with E-state index < -0.39 is 0 Å². The minimum Gasteiger partial charge on any atom is -0.370 e. The molecule has 0 aliphatic carbocycles. The molecule has 244 valence electrons. The van der Waals surface area contributed by atoms with Crippen molar-refractivity contribution in [3.63, 3.8) is 0 Å². The van der Waals surface area contributed by atoms with Gasteiger partial charge in [-0.2, -0.15) is 9.98 Å². The van der Waals surface area contributed by atoms with Crippen molar-refractivity contribution in [2.45, 2.75) is 91.9 Å². The summed E-state index contributed by atoms with van der Waals surface area (Å²) in [5, 5.41) is 11.9. The van der Waals surface area contributed by atoms with Gasteiger partial charge in [-0.3, -0.25) is 0 Å². The first-order valence-corrected chi connectivity index (χ1v) is 16.5. The molecule has 1 saturated heterocycles. The molecule has 4 amide bonds. The van der Waals surface area contributed by atoms with Crippen LogP contribution >= 0.6 is 0 Å². The van der Waals surface area contributed by atoms with Crippen molar-refractivity contribution in [1.82, 2.24) is 31.1 Å². The van der Waals surface area contributed by atoms with E-state index in [1.54, 1.807) is 0 Å². The van der Waals surface area contributed by atoms with Crippen LogP contribution in [0.4, 0.5) is 9.59 Å². The van der Waals surface area contributed by atoms with Gasteiger partial charge in [0.15, 0.2) is 11.9 Å². The van der Waals surface area contributed by atoms with Gasteiger partial charge in [0.1, 0.15) is 0 Å². The summed E-state index contributed by atoms with van der Waals surface area (Å²) in [5.41, 5.74) is 11.8. The molecule has 0 radical (unpaired) electrons. The number of amides is 4. The highest BCUT2D eigenvalue weighted by atomic mass is 16.2. The molecule has 0 spiro atoms. The van der Waals surface area contributed by atoms with E-state index >= 15 is 0 Å². The second-order valence-corrected chi connectivity index (χ2v) is 11.4. The van der Waals surface area contributed by atoms with E-state index in [4.69, 9.17) is 11.5 Å². The molecule has 1 fully saturated rings. The Morgan fingerprint density at radius 2 is 1.02 bits per heavy atom. The maximum Gasteiger partial charge on any atom is 0.344 e. The fourth-order valence-electron chi connectivity index (χ4n) is 5.00. The van der Waals surface area contributed by atoms with Crippen molar-refractivity contribution in [1.29, 1.82) is 0 Å². The third-order valence-corrected chi connectivity index (χ3v) is 7.99. The fraction of sp³-hybridized carbons (Fsp3) is 0.867. The molecular formula is C30H62N10O2. The summed E-state index contributed by atoms with van der Waals surface area (Å²) in [6.45, 7) is 17.4. The molecule has 2 atom stereocenters. The predicted octanol–water partition coefficient (Wildman–Crippen LogP) is 3.04. The van der Waals surface area contributed by atoms with Gasteiger partial charge in [-0.1, -0.05) is 66.2 Å². The first-order chi connectivity index (χ1) is 20.3. The summed E-state index contributed by atoms with van der Waals surface area (Å²) in [6.07, 6.45) is 10.9. The van der Waals surface area contributed by atoms with E-state index in [9.17, 15) is 9.59 Å². The van der Waals surface area contributed by atoms with Crippen molar-refractivity contribution >= 4 is 24.0 Å². The lowest BCUT2D eigenvalue weighted by Gasteiger charge is -2.34. The molecule has 1 aliphatic rings. The molecule has 0 saturated carbocycles. The minimum atomic E-state index is -0.375. The summed E-state index contributed by atoms with van der Waals surface area (Å²) in [7, 11) is 0. The maximum atomic E-state index is 12.0. The van der Waals surface area contributed by atoms with Gasteiger partial charge in [-0.15, -0.1) is 0 Å². The van der Waals surface area contributed by atoms with Gasteiger partial charge in [0, 0.05) is 52.4 Å². The van der Waals surface area contributed by atoms with Gasteiger partial charge in [0.2, 0.25) is 0 Å². The molecule has 2 unspecified atom stereocenters. The third-order valence-electron chi connectivity index (χ3n) is 7.99. The van der Waals surface area contributed by atoms with Crippen LogP contribution in [0.25, 0.3) is 0 Å². The summed E-state index contributed by atoms with van der Waals surface area (Å²) in [5.74, 6) is 1.33. The highest BCUT2D eigenvalue weighted by Gasteiger charge is 2.16. The largest absolute Gasteiger partial charge is 0.370 e. The van der Waals surface area contributed by atoms with Crippen LogP contribution in [0.1, 0.15) is 91.9 Å². The molecule has 0 aromatic heterocycles. The monoisotopic (exact) mass is 595 g/mol. The second-order valence-electron chi connectivity index (χ2n) is 11.4. The molecular weight excluding hydrogens is 532 g/mol. The number of aliphatic imine (C=N–C) groups is 2. The van der Waals surface area contributed by atoms with Gasteiger partial charge in [0.05, 0.1) is 0 Å². The highest BCUT2D eigenvalue weighted by molar-refractivity contribution is 5.91. The standard InChI is InChI=1S/C30H62N10O2/c1-5-9-13-25(7-3)23-35-29(41)37-27(31)33-15-11-17-39-19-21-40(22-20-39)18-12-16-34-28(32)38-30(42)36-24-26(8-4)14-10-6-2/h25-26H,5-24H2,1-4H3,(H4,31,33,35,37,41)(H4,32,34,36,38,42). The predicted molar refractivity (Wildman–Crippen MR) is 175 cm³/mol. The van der Waals surface area contributed by atoms with Gasteiger partial charge < -0.3 is 42.5 Å². The van der Waals surface area contributed by atoms with Crippen LogP contribution in [0.2, 0.25) is 0 Å². The van der Waals surface area contributed by atoms with E-state index in [-0.39, 0.29) is 24.0 Å². The fourth-order valence-corrected chi connectivity index (χ4v) is 5.00. The van der Waals surface area contributed by atoms with E-state index in [0.717, 1.165) is 77.8 Å². The summed E-state index contributed by atoms with van der Waals surface area (Å²) >= 11 is 0. The van der Waals surface area contributed by atoms with Crippen LogP contribution in [-0.4, -0.2) is 99.2 Å². The summed E-state index contributed by atoms with van der Waals surface area (Å²) < 4.78 is 0. The van der Waals surface area contributed by atoms with Crippen LogP contribution < -0.4 is 32.7 Å². The molecule has 12 nitrogen and oxygen atoms in total. The number of hydrogen-bond acceptors (Lipinski definition) is 4. The average molecular weight is 595 g/mol. The average Bonchev–Trinajstić information content (AvgIpc) is 2.98. The Balaban J connectivity index is 2.13. The molecule has 0 aromatic rings. The van der Waals surface area contributed by atoms with Crippen molar-refractivity contribution in [3.8, 4) is 0 Å². The maximum absolute atomic E-state index is 12.0. The van der Waals surface area contributed by atoms with Gasteiger partial charge >= 0.3 is 12.1 Å². The third kappa shape index (κ3) is 18.8. The van der Waals surface area contributed by atoms with E-state index in [1.807, 2.05) is 0 Å². The number of urea groups is 2. The number of piperazine rings is 1. The van der Waals surface area contributed by atoms with E-state index in [2.05, 4.69) is 68.7 Å². The number of nitrogens with zero attached hydrogens (tertiary/aromatic N) is 4. The molecule has 8 N–H and O–H groups in total. The zero-order valence-corrected chi connectivity index (χ0v) is 27.1. The van der Waals surface area contributed by atoms with Gasteiger partial charge in [-0.25, -0.2) is 9.59 Å². The van der Waals surface area contributed by atoms with Crippen LogP contribution in [0.15, 0.2) is 9.98 Å². The molecule has 0 aromatic carbocycles.